The van der Waals surface area contributed by atoms with Crippen molar-refractivity contribution in [3.8, 4) is 0 Å². The third-order valence-electron chi connectivity index (χ3n) is 4.53. The van der Waals surface area contributed by atoms with Gasteiger partial charge in [0.1, 0.15) is 0 Å². The van der Waals surface area contributed by atoms with Gasteiger partial charge in [0.25, 0.3) is 5.56 Å². The summed E-state index contributed by atoms with van der Waals surface area (Å²) in [7, 11) is 0. The molecular weight excluding hydrogens is 258 g/mol. The maximum atomic E-state index is 12.8. The van der Waals surface area contributed by atoms with Crippen molar-refractivity contribution in [3.63, 3.8) is 0 Å². The summed E-state index contributed by atoms with van der Waals surface area (Å²) in [6, 6.07) is 16.8. The van der Waals surface area contributed by atoms with E-state index in [-0.39, 0.29) is 11.6 Å². The van der Waals surface area contributed by atoms with Gasteiger partial charge >= 0.3 is 0 Å². The van der Waals surface area contributed by atoms with Crippen LogP contribution in [0.2, 0.25) is 0 Å². The topological polar surface area (TPSA) is 22.0 Å². The second kappa shape index (κ2) is 4.59. The Morgan fingerprint density at radius 1 is 1.10 bits per heavy atom. The molecule has 3 aromatic rings. The molecule has 0 saturated heterocycles. The Kier molecular flexibility index (Phi) is 2.71. The van der Waals surface area contributed by atoms with Crippen LogP contribution >= 0.6 is 0 Å². The number of hydrogen-bond donors (Lipinski definition) is 0. The highest BCUT2D eigenvalue weighted by Gasteiger charge is 2.24. The number of benzene rings is 2. The molecule has 21 heavy (non-hydrogen) atoms. The van der Waals surface area contributed by atoms with Crippen molar-refractivity contribution in [2.45, 2.75) is 25.8 Å². The van der Waals surface area contributed by atoms with E-state index in [1.165, 1.54) is 11.1 Å². The van der Waals surface area contributed by atoms with Gasteiger partial charge in [0.2, 0.25) is 0 Å². The highest BCUT2D eigenvalue weighted by molar-refractivity contribution is 5.82. The second-order valence-electron chi connectivity index (χ2n) is 5.87. The molecule has 0 saturated carbocycles. The van der Waals surface area contributed by atoms with Gasteiger partial charge in [-0.3, -0.25) is 4.79 Å². The standard InChI is InChI=1S/C19H17NO/c1-13-6-7-15-10-11-20(19(21)17(15)12-13)18-9-8-14-4-2-3-5-16(14)18/h2-7,10-12,18H,8-9H2,1H3. The summed E-state index contributed by atoms with van der Waals surface area (Å²) in [4.78, 5) is 12.8. The summed E-state index contributed by atoms with van der Waals surface area (Å²) in [5.74, 6) is 0. The largest absolute Gasteiger partial charge is 0.307 e. The summed E-state index contributed by atoms with van der Waals surface area (Å²) in [6.07, 6.45) is 4.02. The van der Waals surface area contributed by atoms with Crippen LogP contribution in [0.3, 0.4) is 0 Å². The van der Waals surface area contributed by atoms with E-state index in [4.69, 9.17) is 0 Å². The Hall–Kier alpha value is -2.35. The lowest BCUT2D eigenvalue weighted by Gasteiger charge is -2.16. The number of rotatable bonds is 1. The second-order valence-corrected chi connectivity index (χ2v) is 5.87. The molecule has 0 aliphatic heterocycles. The number of fused-ring (bicyclic) bond motifs is 2. The Morgan fingerprint density at radius 3 is 2.86 bits per heavy atom. The van der Waals surface area contributed by atoms with Gasteiger partial charge in [0.05, 0.1) is 6.04 Å². The first-order valence-electron chi connectivity index (χ1n) is 7.43. The van der Waals surface area contributed by atoms with E-state index in [0.717, 1.165) is 29.2 Å². The minimum Gasteiger partial charge on any atom is -0.307 e. The van der Waals surface area contributed by atoms with Crippen LogP contribution in [0.5, 0.6) is 0 Å². The first-order chi connectivity index (χ1) is 10.2. The molecule has 0 N–H and O–H groups in total. The summed E-state index contributed by atoms with van der Waals surface area (Å²) in [5, 5.41) is 1.84. The van der Waals surface area contributed by atoms with Crippen LogP contribution in [-0.2, 0) is 6.42 Å². The monoisotopic (exact) mass is 275 g/mol. The van der Waals surface area contributed by atoms with Crippen LogP contribution in [0.4, 0.5) is 0 Å². The SMILES string of the molecule is Cc1ccc2ccn(C3CCc4ccccc43)c(=O)c2c1. The third kappa shape index (κ3) is 1.90. The fraction of sp³-hybridized carbons (Fsp3) is 0.211. The fourth-order valence-electron chi connectivity index (χ4n) is 3.44. The van der Waals surface area contributed by atoms with Crippen LogP contribution in [0.1, 0.15) is 29.2 Å². The summed E-state index contributed by atoms with van der Waals surface area (Å²) in [6.45, 7) is 2.03. The van der Waals surface area contributed by atoms with Crippen LogP contribution in [0.25, 0.3) is 10.8 Å². The van der Waals surface area contributed by atoms with Gasteiger partial charge in [0.15, 0.2) is 0 Å². The van der Waals surface area contributed by atoms with Crippen LogP contribution in [-0.4, -0.2) is 4.57 Å². The van der Waals surface area contributed by atoms with Crippen LogP contribution < -0.4 is 5.56 Å². The van der Waals surface area contributed by atoms with Crippen LogP contribution in [0, 0.1) is 6.92 Å². The quantitative estimate of drug-likeness (QED) is 0.661. The van der Waals surface area contributed by atoms with E-state index in [1.54, 1.807) is 0 Å². The molecule has 1 heterocycles. The van der Waals surface area contributed by atoms with Crippen molar-refractivity contribution in [2.24, 2.45) is 0 Å². The lowest BCUT2D eigenvalue weighted by molar-refractivity contribution is 0.565. The van der Waals surface area contributed by atoms with Gasteiger partial charge < -0.3 is 4.57 Å². The molecule has 4 rings (SSSR count). The molecule has 0 amide bonds. The third-order valence-corrected chi connectivity index (χ3v) is 4.53. The number of hydrogen-bond acceptors (Lipinski definition) is 1. The summed E-state index contributed by atoms with van der Waals surface area (Å²) >= 11 is 0. The van der Waals surface area contributed by atoms with Crippen molar-refractivity contribution >= 4 is 10.8 Å². The lowest BCUT2D eigenvalue weighted by Crippen LogP contribution is -2.23. The maximum absolute atomic E-state index is 12.8. The Labute approximate surface area is 123 Å². The minimum absolute atomic E-state index is 0.123. The van der Waals surface area contributed by atoms with Gasteiger partial charge in [-0.15, -0.1) is 0 Å². The van der Waals surface area contributed by atoms with Gasteiger partial charge in [-0.2, -0.15) is 0 Å². The molecule has 1 unspecified atom stereocenters. The fourth-order valence-corrected chi connectivity index (χ4v) is 3.44. The Bertz CT molecular complexity index is 891. The van der Waals surface area contributed by atoms with E-state index >= 15 is 0 Å². The molecule has 2 heteroatoms. The van der Waals surface area contributed by atoms with E-state index in [9.17, 15) is 4.79 Å². The normalized spacial score (nSPS) is 17.1. The zero-order valence-electron chi connectivity index (χ0n) is 12.0. The number of nitrogens with zero attached hydrogens (tertiary/aromatic N) is 1. The molecule has 0 spiro atoms. The molecule has 2 aromatic carbocycles. The first-order valence-corrected chi connectivity index (χ1v) is 7.43. The Morgan fingerprint density at radius 2 is 1.95 bits per heavy atom. The van der Waals surface area contributed by atoms with Crippen molar-refractivity contribution in [3.05, 3.63) is 81.8 Å². The summed E-state index contributed by atoms with van der Waals surface area (Å²) in [5.41, 5.74) is 3.92. The van der Waals surface area contributed by atoms with E-state index in [0.29, 0.717) is 0 Å². The smallest absolute Gasteiger partial charge is 0.258 e. The molecule has 0 fully saturated rings. The molecular formula is C19H17NO. The molecule has 0 radical (unpaired) electrons. The van der Waals surface area contributed by atoms with Gasteiger partial charge in [-0.25, -0.2) is 0 Å². The van der Waals surface area contributed by atoms with E-state index in [1.807, 2.05) is 29.8 Å². The average molecular weight is 275 g/mol. The molecule has 1 atom stereocenters. The molecule has 0 bridgehead atoms. The predicted octanol–water partition coefficient (Wildman–Crippen LogP) is 3.85. The molecule has 2 nitrogen and oxygen atoms in total. The molecule has 104 valence electrons. The van der Waals surface area contributed by atoms with Gasteiger partial charge in [-0.05, 0) is 48.4 Å². The number of pyridine rings is 1. The zero-order chi connectivity index (χ0) is 14.4. The van der Waals surface area contributed by atoms with Gasteiger partial charge in [0, 0.05) is 11.6 Å². The maximum Gasteiger partial charge on any atom is 0.258 e. The van der Waals surface area contributed by atoms with Gasteiger partial charge in [-0.1, -0.05) is 42.0 Å². The van der Waals surface area contributed by atoms with E-state index in [2.05, 4.69) is 36.4 Å². The summed E-state index contributed by atoms with van der Waals surface area (Å²) < 4.78 is 1.91. The number of aryl methyl sites for hydroxylation is 2. The van der Waals surface area contributed by atoms with Crippen molar-refractivity contribution in [1.29, 1.82) is 0 Å². The van der Waals surface area contributed by atoms with Crippen molar-refractivity contribution in [1.82, 2.24) is 4.57 Å². The lowest BCUT2D eigenvalue weighted by atomic mass is 10.1. The average Bonchev–Trinajstić information content (AvgIpc) is 2.92. The van der Waals surface area contributed by atoms with E-state index < -0.39 is 0 Å². The highest BCUT2D eigenvalue weighted by atomic mass is 16.1. The molecule has 1 aliphatic carbocycles. The molecule has 1 aliphatic rings. The minimum atomic E-state index is 0.123. The Balaban J connectivity index is 1.93. The zero-order valence-corrected chi connectivity index (χ0v) is 12.0. The predicted molar refractivity (Wildman–Crippen MR) is 85.8 cm³/mol. The highest BCUT2D eigenvalue weighted by Crippen LogP contribution is 2.33. The van der Waals surface area contributed by atoms with Crippen LogP contribution in [0.15, 0.2) is 59.5 Å². The van der Waals surface area contributed by atoms with Crippen molar-refractivity contribution < 1.29 is 0 Å². The molecule has 1 aromatic heterocycles. The first kappa shape index (κ1) is 12.4. The number of aromatic nitrogens is 1. The van der Waals surface area contributed by atoms with Crippen molar-refractivity contribution in [2.75, 3.05) is 0 Å².